The zero-order valence-corrected chi connectivity index (χ0v) is 6.30. The molecule has 2 N–H and O–H groups in total. The van der Waals surface area contributed by atoms with E-state index in [1.165, 1.54) is 0 Å². The van der Waals surface area contributed by atoms with Crippen molar-refractivity contribution in [2.24, 2.45) is 5.73 Å². The summed E-state index contributed by atoms with van der Waals surface area (Å²) < 4.78 is 4.85. The number of hydrogen-bond acceptors (Lipinski definition) is 2. The third kappa shape index (κ3) is 1.64. The van der Waals surface area contributed by atoms with Gasteiger partial charge in [0.25, 0.3) is 0 Å². The van der Waals surface area contributed by atoms with Crippen molar-refractivity contribution in [2.45, 2.75) is 31.3 Å². The molecule has 1 amide bonds. The number of amides is 1. The van der Waals surface area contributed by atoms with Crippen molar-refractivity contribution in [3.63, 3.8) is 0 Å². The van der Waals surface area contributed by atoms with Crippen molar-refractivity contribution < 1.29 is 9.53 Å². The second-order valence-corrected chi connectivity index (χ2v) is 2.77. The standard InChI is InChI=1S/C8H11NO2/c1-2-8(11-7(9)10)5-3-4-6-8/h1H,3-6H2,(H2,9,10). The fraction of sp³-hybridized carbons (Fsp3) is 0.625. The predicted molar refractivity (Wildman–Crippen MR) is 40.7 cm³/mol. The molecule has 1 rings (SSSR count). The average molecular weight is 153 g/mol. The van der Waals surface area contributed by atoms with Gasteiger partial charge >= 0.3 is 6.09 Å². The largest absolute Gasteiger partial charge is 0.430 e. The van der Waals surface area contributed by atoms with Crippen LogP contribution in [-0.4, -0.2) is 11.7 Å². The summed E-state index contributed by atoms with van der Waals surface area (Å²) in [7, 11) is 0. The minimum Gasteiger partial charge on any atom is -0.430 e. The van der Waals surface area contributed by atoms with Crippen LogP contribution in [0.4, 0.5) is 4.79 Å². The molecule has 1 aliphatic carbocycles. The summed E-state index contributed by atoms with van der Waals surface area (Å²) in [6.07, 6.45) is 7.97. The molecular weight excluding hydrogens is 142 g/mol. The van der Waals surface area contributed by atoms with Gasteiger partial charge in [-0.3, -0.25) is 0 Å². The summed E-state index contributed by atoms with van der Waals surface area (Å²) >= 11 is 0. The number of rotatable bonds is 1. The molecule has 0 aromatic rings. The smallest absolute Gasteiger partial charge is 0.406 e. The molecule has 0 radical (unpaired) electrons. The van der Waals surface area contributed by atoms with Gasteiger partial charge in [0.05, 0.1) is 0 Å². The van der Waals surface area contributed by atoms with Crippen LogP contribution < -0.4 is 5.73 Å². The Morgan fingerprint density at radius 2 is 2.09 bits per heavy atom. The number of carbonyl (C=O) groups excluding carboxylic acids is 1. The minimum absolute atomic E-state index is 0.689. The summed E-state index contributed by atoms with van der Waals surface area (Å²) in [6, 6.07) is 0. The molecule has 0 atom stereocenters. The number of primary amides is 1. The molecule has 0 heterocycles. The van der Waals surface area contributed by atoms with Gasteiger partial charge in [-0.2, -0.15) is 0 Å². The SMILES string of the molecule is C#CC1(OC(N)=O)CCCC1. The summed E-state index contributed by atoms with van der Waals surface area (Å²) in [6.45, 7) is 0. The van der Waals surface area contributed by atoms with E-state index in [9.17, 15) is 4.79 Å². The van der Waals surface area contributed by atoms with Crippen LogP contribution in [0.25, 0.3) is 0 Å². The van der Waals surface area contributed by atoms with Crippen LogP contribution in [0.2, 0.25) is 0 Å². The van der Waals surface area contributed by atoms with E-state index in [0.29, 0.717) is 0 Å². The Labute approximate surface area is 65.9 Å². The van der Waals surface area contributed by atoms with Crippen molar-refractivity contribution in [1.29, 1.82) is 0 Å². The van der Waals surface area contributed by atoms with Crippen LogP contribution in [0.1, 0.15) is 25.7 Å². The molecule has 1 saturated carbocycles. The van der Waals surface area contributed by atoms with E-state index in [-0.39, 0.29) is 0 Å². The molecule has 0 bridgehead atoms. The first kappa shape index (κ1) is 7.93. The maximum Gasteiger partial charge on any atom is 0.406 e. The van der Waals surface area contributed by atoms with Crippen molar-refractivity contribution in [3.8, 4) is 12.3 Å². The van der Waals surface area contributed by atoms with Crippen LogP contribution >= 0.6 is 0 Å². The van der Waals surface area contributed by atoms with Crippen LogP contribution in [0.15, 0.2) is 0 Å². The number of terminal acetylenes is 1. The van der Waals surface area contributed by atoms with Gasteiger partial charge in [-0.25, -0.2) is 4.79 Å². The molecule has 0 aromatic heterocycles. The highest BCUT2D eigenvalue weighted by Crippen LogP contribution is 2.32. The summed E-state index contributed by atoms with van der Waals surface area (Å²) in [5.74, 6) is 2.49. The maximum atomic E-state index is 10.4. The average Bonchev–Trinajstić information content (AvgIpc) is 2.36. The molecule has 60 valence electrons. The lowest BCUT2D eigenvalue weighted by atomic mass is 10.0. The topological polar surface area (TPSA) is 52.3 Å². The van der Waals surface area contributed by atoms with Crippen molar-refractivity contribution in [2.75, 3.05) is 0 Å². The monoisotopic (exact) mass is 153 g/mol. The van der Waals surface area contributed by atoms with Gasteiger partial charge in [-0.15, -0.1) is 6.42 Å². The Morgan fingerprint density at radius 1 is 1.55 bits per heavy atom. The van der Waals surface area contributed by atoms with E-state index >= 15 is 0 Å². The van der Waals surface area contributed by atoms with Crippen LogP contribution in [0.5, 0.6) is 0 Å². The molecule has 0 aliphatic heterocycles. The Morgan fingerprint density at radius 3 is 2.45 bits per heavy atom. The van der Waals surface area contributed by atoms with Crippen molar-refractivity contribution in [1.82, 2.24) is 0 Å². The van der Waals surface area contributed by atoms with Gasteiger partial charge in [-0.05, 0) is 25.7 Å². The summed E-state index contributed by atoms with van der Waals surface area (Å²) in [4.78, 5) is 10.4. The van der Waals surface area contributed by atoms with E-state index in [0.717, 1.165) is 25.7 Å². The molecular formula is C8H11NO2. The van der Waals surface area contributed by atoms with Crippen LogP contribution in [-0.2, 0) is 4.74 Å². The van der Waals surface area contributed by atoms with E-state index < -0.39 is 11.7 Å². The lowest BCUT2D eigenvalue weighted by molar-refractivity contribution is 0.0659. The van der Waals surface area contributed by atoms with E-state index in [1.54, 1.807) is 0 Å². The fourth-order valence-electron chi connectivity index (χ4n) is 1.41. The van der Waals surface area contributed by atoms with Gasteiger partial charge < -0.3 is 10.5 Å². The molecule has 0 saturated heterocycles. The zero-order valence-electron chi connectivity index (χ0n) is 6.30. The quantitative estimate of drug-likeness (QED) is 0.572. The fourth-order valence-corrected chi connectivity index (χ4v) is 1.41. The van der Waals surface area contributed by atoms with E-state index in [2.05, 4.69) is 5.92 Å². The van der Waals surface area contributed by atoms with E-state index in [4.69, 9.17) is 16.9 Å². The Bertz CT molecular complexity index is 199. The minimum atomic E-state index is -0.773. The lowest BCUT2D eigenvalue weighted by Gasteiger charge is -2.20. The Kier molecular flexibility index (Phi) is 2.04. The third-order valence-corrected chi connectivity index (χ3v) is 1.97. The summed E-state index contributed by atoms with van der Waals surface area (Å²) in [5.41, 5.74) is 4.19. The van der Waals surface area contributed by atoms with Crippen LogP contribution in [0, 0.1) is 12.3 Å². The highest BCUT2D eigenvalue weighted by atomic mass is 16.6. The molecule has 3 nitrogen and oxygen atoms in total. The first-order chi connectivity index (χ1) is 5.18. The molecule has 0 aromatic carbocycles. The number of hydrogen-bond donors (Lipinski definition) is 1. The van der Waals surface area contributed by atoms with Crippen molar-refractivity contribution >= 4 is 6.09 Å². The summed E-state index contributed by atoms with van der Waals surface area (Å²) in [5, 5.41) is 0. The molecule has 1 aliphatic rings. The van der Waals surface area contributed by atoms with Gasteiger partial charge in [-0.1, -0.05) is 5.92 Å². The van der Waals surface area contributed by atoms with E-state index in [1.807, 2.05) is 0 Å². The van der Waals surface area contributed by atoms with Crippen LogP contribution in [0.3, 0.4) is 0 Å². The third-order valence-electron chi connectivity index (χ3n) is 1.97. The Balaban J connectivity index is 2.61. The van der Waals surface area contributed by atoms with Gasteiger partial charge in [0.2, 0.25) is 0 Å². The second-order valence-electron chi connectivity index (χ2n) is 2.77. The van der Waals surface area contributed by atoms with Gasteiger partial charge in [0.15, 0.2) is 5.60 Å². The Hall–Kier alpha value is -1.17. The zero-order chi connectivity index (χ0) is 8.32. The van der Waals surface area contributed by atoms with Crippen molar-refractivity contribution in [3.05, 3.63) is 0 Å². The molecule has 3 heteroatoms. The highest BCUT2D eigenvalue weighted by molar-refractivity contribution is 5.65. The lowest BCUT2D eigenvalue weighted by Crippen LogP contribution is -2.32. The molecule has 1 fully saturated rings. The molecule has 0 unspecified atom stereocenters. The second kappa shape index (κ2) is 2.83. The molecule has 11 heavy (non-hydrogen) atoms. The predicted octanol–water partition coefficient (Wildman–Crippen LogP) is 1.03. The number of carbonyl (C=O) groups is 1. The van der Waals surface area contributed by atoms with Gasteiger partial charge in [0.1, 0.15) is 0 Å². The first-order valence-corrected chi connectivity index (χ1v) is 3.65. The normalized spacial score (nSPS) is 20.6. The number of ether oxygens (including phenoxy) is 1. The maximum absolute atomic E-state index is 10.4. The highest BCUT2D eigenvalue weighted by Gasteiger charge is 2.34. The number of nitrogens with two attached hydrogens (primary N) is 1. The first-order valence-electron chi connectivity index (χ1n) is 3.65. The van der Waals surface area contributed by atoms with Gasteiger partial charge in [0, 0.05) is 0 Å². The molecule has 0 spiro atoms.